The number of nitro groups is 1. The Hall–Kier alpha value is -3.63. The van der Waals surface area contributed by atoms with Gasteiger partial charge < -0.3 is 15.2 Å². The third-order valence-electron chi connectivity index (χ3n) is 3.74. The molecule has 2 aromatic rings. The summed E-state index contributed by atoms with van der Waals surface area (Å²) in [5.74, 6) is -7.14. The van der Waals surface area contributed by atoms with Gasteiger partial charge in [0.25, 0.3) is 11.6 Å². The number of ether oxygens (including phenoxy) is 1. The number of rotatable bonds is 7. The van der Waals surface area contributed by atoms with Crippen molar-refractivity contribution in [1.29, 1.82) is 0 Å². The van der Waals surface area contributed by atoms with Crippen molar-refractivity contribution < 1.29 is 37.5 Å². The fourth-order valence-electron chi connectivity index (χ4n) is 2.45. The first-order chi connectivity index (χ1) is 13.1. The van der Waals surface area contributed by atoms with E-state index in [1.54, 1.807) is 0 Å². The second-order valence-electron chi connectivity index (χ2n) is 5.57. The second-order valence-corrected chi connectivity index (χ2v) is 5.57. The molecular weight excluding hydrogens is 385 g/mol. The monoisotopic (exact) mass is 398 g/mol. The van der Waals surface area contributed by atoms with Crippen LogP contribution in [0.5, 0.6) is 5.75 Å². The van der Waals surface area contributed by atoms with Crippen LogP contribution in [-0.2, 0) is 11.2 Å². The van der Waals surface area contributed by atoms with E-state index in [9.17, 15) is 38.0 Å². The number of methoxy groups -OCH3 is 1. The Morgan fingerprint density at radius 3 is 2.32 bits per heavy atom. The van der Waals surface area contributed by atoms with Gasteiger partial charge in [-0.15, -0.1) is 0 Å². The lowest BCUT2D eigenvalue weighted by molar-refractivity contribution is -0.384. The van der Waals surface area contributed by atoms with E-state index < -0.39 is 52.3 Å². The van der Waals surface area contributed by atoms with Crippen molar-refractivity contribution in [1.82, 2.24) is 5.32 Å². The zero-order valence-corrected chi connectivity index (χ0v) is 14.2. The Morgan fingerprint density at radius 1 is 1.21 bits per heavy atom. The van der Waals surface area contributed by atoms with E-state index in [2.05, 4.69) is 0 Å². The first-order valence-electron chi connectivity index (χ1n) is 7.63. The summed E-state index contributed by atoms with van der Waals surface area (Å²) in [4.78, 5) is 33.8. The highest BCUT2D eigenvalue weighted by Crippen LogP contribution is 2.25. The molecule has 0 aliphatic heterocycles. The minimum absolute atomic E-state index is 0.0736. The van der Waals surface area contributed by atoms with Gasteiger partial charge in [-0.1, -0.05) is 0 Å². The maximum absolute atomic E-state index is 13.7. The first kappa shape index (κ1) is 20.7. The van der Waals surface area contributed by atoms with Gasteiger partial charge in [0.1, 0.15) is 34.8 Å². The average Bonchev–Trinajstić information content (AvgIpc) is 2.59. The molecule has 0 fully saturated rings. The number of hydrogen-bond acceptors (Lipinski definition) is 5. The van der Waals surface area contributed by atoms with Crippen molar-refractivity contribution in [3.05, 3.63) is 69.0 Å². The van der Waals surface area contributed by atoms with Crippen LogP contribution < -0.4 is 10.1 Å². The molecule has 2 rings (SSSR count). The van der Waals surface area contributed by atoms with Crippen LogP contribution in [0.4, 0.5) is 18.9 Å². The van der Waals surface area contributed by atoms with Crippen molar-refractivity contribution in [2.75, 3.05) is 7.11 Å². The summed E-state index contributed by atoms with van der Waals surface area (Å²) in [6.07, 6.45) is -0.476. The number of carbonyl (C=O) groups excluding carboxylic acids is 1. The van der Waals surface area contributed by atoms with Crippen LogP contribution >= 0.6 is 0 Å². The van der Waals surface area contributed by atoms with Gasteiger partial charge in [-0.2, -0.15) is 0 Å². The average molecular weight is 398 g/mol. The van der Waals surface area contributed by atoms with E-state index in [1.165, 1.54) is 13.2 Å². The van der Waals surface area contributed by atoms with E-state index >= 15 is 0 Å². The lowest BCUT2D eigenvalue weighted by Gasteiger charge is -2.17. The molecule has 2 N–H and O–H groups in total. The molecule has 0 unspecified atom stereocenters. The molecule has 0 aromatic heterocycles. The predicted molar refractivity (Wildman–Crippen MR) is 88.6 cm³/mol. The number of non-ortho nitro benzene ring substituents is 1. The zero-order valence-electron chi connectivity index (χ0n) is 14.2. The number of nitrogens with zero attached hydrogens (tertiary/aromatic N) is 1. The fraction of sp³-hybridized carbons (Fsp3) is 0.176. The number of aliphatic carboxylic acids is 1. The number of hydrogen-bond donors (Lipinski definition) is 2. The quantitative estimate of drug-likeness (QED) is 0.546. The summed E-state index contributed by atoms with van der Waals surface area (Å²) in [5.41, 5.74) is -1.43. The number of halogens is 3. The van der Waals surface area contributed by atoms with Gasteiger partial charge in [0.05, 0.1) is 12.0 Å². The first-order valence-corrected chi connectivity index (χ1v) is 7.63. The largest absolute Gasteiger partial charge is 0.496 e. The van der Waals surface area contributed by atoms with E-state index in [1.807, 2.05) is 5.32 Å². The molecule has 0 heterocycles. The Kier molecular flexibility index (Phi) is 6.18. The van der Waals surface area contributed by atoms with Crippen LogP contribution in [-0.4, -0.2) is 35.1 Å². The van der Waals surface area contributed by atoms with Crippen LogP contribution in [0.15, 0.2) is 30.3 Å². The van der Waals surface area contributed by atoms with E-state index in [4.69, 9.17) is 4.74 Å². The molecule has 148 valence electrons. The molecule has 1 amide bonds. The van der Waals surface area contributed by atoms with Gasteiger partial charge in [-0.3, -0.25) is 14.9 Å². The number of carboxylic acid groups (broad SMARTS) is 1. The summed E-state index contributed by atoms with van der Waals surface area (Å²) in [6, 6.07) is 2.29. The minimum atomic E-state index is -1.70. The molecule has 0 saturated carbocycles. The highest BCUT2D eigenvalue weighted by molar-refractivity contribution is 5.97. The number of carbonyl (C=O) groups is 2. The van der Waals surface area contributed by atoms with Crippen molar-refractivity contribution in [2.45, 2.75) is 12.5 Å². The molecule has 0 radical (unpaired) electrons. The Bertz CT molecular complexity index is 927. The summed E-state index contributed by atoms with van der Waals surface area (Å²) in [6.45, 7) is 0. The number of nitro benzene ring substituents is 1. The van der Waals surface area contributed by atoms with Crippen LogP contribution in [0.2, 0.25) is 0 Å². The van der Waals surface area contributed by atoms with Gasteiger partial charge in [0.15, 0.2) is 0 Å². The van der Waals surface area contributed by atoms with Crippen LogP contribution in [0.1, 0.15) is 15.9 Å². The van der Waals surface area contributed by atoms with Crippen molar-refractivity contribution in [3.63, 3.8) is 0 Å². The lowest BCUT2D eigenvalue weighted by atomic mass is 10.0. The second kappa shape index (κ2) is 8.37. The summed E-state index contributed by atoms with van der Waals surface area (Å²) < 4.78 is 45.4. The number of nitrogens with one attached hydrogen (secondary N) is 1. The molecule has 0 spiro atoms. The predicted octanol–water partition coefficient (Wildman–Crippen LogP) is 2.45. The number of benzene rings is 2. The lowest BCUT2D eigenvalue weighted by Crippen LogP contribution is -2.43. The molecule has 2 aromatic carbocycles. The summed E-state index contributed by atoms with van der Waals surface area (Å²) in [5, 5.41) is 22.1. The van der Waals surface area contributed by atoms with E-state index in [0.717, 1.165) is 12.1 Å². The highest BCUT2D eigenvalue weighted by Gasteiger charge is 2.27. The van der Waals surface area contributed by atoms with Crippen LogP contribution in [0, 0.1) is 27.6 Å². The third-order valence-corrected chi connectivity index (χ3v) is 3.74. The normalized spacial score (nSPS) is 11.6. The van der Waals surface area contributed by atoms with Gasteiger partial charge in [-0.25, -0.2) is 18.0 Å². The van der Waals surface area contributed by atoms with Crippen LogP contribution in [0.25, 0.3) is 0 Å². The molecule has 11 heteroatoms. The van der Waals surface area contributed by atoms with Crippen molar-refractivity contribution in [2.24, 2.45) is 0 Å². The SMILES string of the molecule is COc1ccc([N+](=O)[O-])cc1C[C@@H](NC(=O)c1c(F)cc(F)cc1F)C(=O)O. The van der Waals surface area contributed by atoms with Gasteiger partial charge in [-0.05, 0) is 6.07 Å². The molecule has 28 heavy (non-hydrogen) atoms. The van der Waals surface area contributed by atoms with E-state index in [-0.39, 0.29) is 29.1 Å². The Morgan fingerprint density at radius 2 is 1.82 bits per heavy atom. The Labute approximate surface area is 155 Å². The van der Waals surface area contributed by atoms with Crippen molar-refractivity contribution >= 4 is 17.6 Å². The molecule has 0 aliphatic rings. The van der Waals surface area contributed by atoms with Gasteiger partial charge in [0.2, 0.25) is 0 Å². The molecule has 0 saturated heterocycles. The topological polar surface area (TPSA) is 119 Å². The maximum Gasteiger partial charge on any atom is 0.326 e. The molecule has 0 bridgehead atoms. The maximum atomic E-state index is 13.7. The van der Waals surface area contributed by atoms with E-state index in [0.29, 0.717) is 0 Å². The molecule has 1 atom stereocenters. The Balaban J connectivity index is 2.33. The highest BCUT2D eigenvalue weighted by atomic mass is 19.1. The summed E-state index contributed by atoms with van der Waals surface area (Å²) in [7, 11) is 1.25. The fourth-order valence-corrected chi connectivity index (χ4v) is 2.45. The molecular formula is C17H13F3N2O6. The smallest absolute Gasteiger partial charge is 0.326 e. The summed E-state index contributed by atoms with van der Waals surface area (Å²) >= 11 is 0. The van der Waals surface area contributed by atoms with Crippen LogP contribution in [0.3, 0.4) is 0 Å². The van der Waals surface area contributed by atoms with Crippen molar-refractivity contribution in [3.8, 4) is 5.75 Å². The number of carboxylic acids is 1. The molecule has 8 nitrogen and oxygen atoms in total. The molecule has 0 aliphatic carbocycles. The third kappa shape index (κ3) is 4.55. The van der Waals surface area contributed by atoms with Gasteiger partial charge in [0, 0.05) is 36.2 Å². The standard InChI is InChI=1S/C17H13F3N2O6/c1-28-14-3-2-10(22(26)27)4-8(14)5-13(17(24)25)21-16(23)15-11(19)6-9(18)7-12(15)20/h2-4,6-7,13H,5H2,1H3,(H,21,23)(H,24,25)/t13-/m1/s1. The zero-order chi connectivity index (χ0) is 21.0. The van der Waals surface area contributed by atoms with Gasteiger partial charge >= 0.3 is 5.97 Å². The number of amides is 1. The minimum Gasteiger partial charge on any atom is -0.496 e.